The minimum atomic E-state index is -0.0598. The largest absolute Gasteiger partial charge is 0.355 e. The molecule has 0 aliphatic rings. The predicted molar refractivity (Wildman–Crippen MR) is 115 cm³/mol. The third-order valence-corrected chi connectivity index (χ3v) is 5.45. The van der Waals surface area contributed by atoms with Gasteiger partial charge in [0, 0.05) is 13.1 Å². The molecule has 2 aromatic carbocycles. The van der Waals surface area contributed by atoms with Crippen LogP contribution in [0.3, 0.4) is 0 Å². The fourth-order valence-corrected chi connectivity index (χ4v) is 3.78. The molecule has 0 atom stereocenters. The van der Waals surface area contributed by atoms with Crippen molar-refractivity contribution in [3.8, 4) is 0 Å². The molecule has 0 unspecified atom stereocenters. The third kappa shape index (κ3) is 5.23. The molecule has 6 heteroatoms. The fourth-order valence-electron chi connectivity index (χ4n) is 2.93. The van der Waals surface area contributed by atoms with Gasteiger partial charge in [-0.2, -0.15) is 0 Å². The van der Waals surface area contributed by atoms with Gasteiger partial charge in [-0.1, -0.05) is 67.6 Å². The van der Waals surface area contributed by atoms with Crippen LogP contribution in [0.5, 0.6) is 0 Å². The molecule has 0 saturated heterocycles. The number of rotatable bonds is 9. The number of nitrogens with one attached hydrogen (secondary N) is 1. The first-order valence-electron chi connectivity index (χ1n) is 9.62. The Morgan fingerprint density at radius 1 is 1.11 bits per heavy atom. The second-order valence-electron chi connectivity index (χ2n) is 6.60. The van der Waals surface area contributed by atoms with Gasteiger partial charge in [-0.05, 0) is 30.5 Å². The Morgan fingerprint density at radius 2 is 1.86 bits per heavy atom. The minimum Gasteiger partial charge on any atom is -0.355 e. The van der Waals surface area contributed by atoms with Gasteiger partial charge in [0.2, 0.25) is 5.91 Å². The van der Waals surface area contributed by atoms with E-state index in [0.717, 1.165) is 24.8 Å². The molecule has 0 spiro atoms. The number of amides is 1. The highest BCUT2D eigenvalue weighted by molar-refractivity contribution is 7.99. The maximum absolute atomic E-state index is 13.0. The third-order valence-electron chi connectivity index (χ3n) is 4.48. The fraction of sp³-hybridized carbons (Fsp3) is 0.318. The van der Waals surface area contributed by atoms with Gasteiger partial charge in [0.25, 0.3) is 5.56 Å². The van der Waals surface area contributed by atoms with E-state index < -0.39 is 0 Å². The number of thioether (sulfide) groups is 1. The summed E-state index contributed by atoms with van der Waals surface area (Å²) in [4.78, 5) is 29.8. The van der Waals surface area contributed by atoms with Crippen molar-refractivity contribution in [3.63, 3.8) is 0 Å². The highest BCUT2D eigenvalue weighted by Gasteiger charge is 2.13. The lowest BCUT2D eigenvalue weighted by molar-refractivity contribution is -0.118. The van der Waals surface area contributed by atoms with Crippen LogP contribution >= 0.6 is 11.8 Å². The molecule has 0 bridgehead atoms. The average Bonchev–Trinajstić information content (AvgIpc) is 2.73. The smallest absolute Gasteiger partial charge is 0.262 e. The van der Waals surface area contributed by atoms with Crippen LogP contribution in [-0.2, 0) is 17.8 Å². The molecule has 3 rings (SSSR count). The van der Waals surface area contributed by atoms with Crippen molar-refractivity contribution in [1.82, 2.24) is 14.9 Å². The van der Waals surface area contributed by atoms with E-state index in [0.29, 0.717) is 29.1 Å². The van der Waals surface area contributed by atoms with E-state index in [1.54, 1.807) is 10.6 Å². The van der Waals surface area contributed by atoms with Crippen LogP contribution in [0.4, 0.5) is 0 Å². The summed E-state index contributed by atoms with van der Waals surface area (Å²) in [7, 11) is 0. The van der Waals surface area contributed by atoms with Crippen molar-refractivity contribution in [2.24, 2.45) is 0 Å². The Kier molecular flexibility index (Phi) is 7.25. The Labute approximate surface area is 169 Å². The zero-order chi connectivity index (χ0) is 19.8. The Bertz CT molecular complexity index is 986. The Morgan fingerprint density at radius 3 is 2.64 bits per heavy atom. The molecule has 1 heterocycles. The molecule has 1 N–H and O–H groups in total. The topological polar surface area (TPSA) is 64.0 Å². The van der Waals surface area contributed by atoms with Crippen LogP contribution in [0.25, 0.3) is 10.9 Å². The van der Waals surface area contributed by atoms with Crippen LogP contribution in [0.2, 0.25) is 0 Å². The number of fused-ring (bicyclic) bond motifs is 1. The molecular formula is C22H25N3O2S. The van der Waals surface area contributed by atoms with Gasteiger partial charge in [-0.25, -0.2) is 4.98 Å². The van der Waals surface area contributed by atoms with Gasteiger partial charge >= 0.3 is 0 Å². The van der Waals surface area contributed by atoms with Gasteiger partial charge in [0.15, 0.2) is 5.16 Å². The molecule has 1 amide bonds. The zero-order valence-electron chi connectivity index (χ0n) is 16.1. The van der Waals surface area contributed by atoms with E-state index in [4.69, 9.17) is 0 Å². The van der Waals surface area contributed by atoms with E-state index >= 15 is 0 Å². The standard InChI is InChI=1S/C22H25N3O2S/c1-2-3-14-23-20(26)16-28-22-24-19-12-8-7-11-18(19)21(27)25(22)15-13-17-9-5-4-6-10-17/h4-12H,2-3,13-16H2,1H3,(H,23,26). The number of hydrogen-bond donors (Lipinski definition) is 1. The summed E-state index contributed by atoms with van der Waals surface area (Å²) in [5, 5.41) is 4.10. The Balaban J connectivity index is 1.82. The van der Waals surface area contributed by atoms with Crippen molar-refractivity contribution in [2.45, 2.75) is 37.9 Å². The molecule has 0 aliphatic carbocycles. The highest BCUT2D eigenvalue weighted by Crippen LogP contribution is 2.18. The summed E-state index contributed by atoms with van der Waals surface area (Å²) in [5.74, 6) is 0.218. The maximum Gasteiger partial charge on any atom is 0.262 e. The van der Waals surface area contributed by atoms with Crippen LogP contribution < -0.4 is 10.9 Å². The SMILES string of the molecule is CCCCNC(=O)CSc1nc2ccccc2c(=O)n1CCc1ccccc1. The molecule has 5 nitrogen and oxygen atoms in total. The summed E-state index contributed by atoms with van der Waals surface area (Å²) in [6, 6.07) is 17.4. The number of benzene rings is 2. The van der Waals surface area contributed by atoms with Crippen LogP contribution in [-0.4, -0.2) is 27.8 Å². The number of aromatic nitrogens is 2. The van der Waals surface area contributed by atoms with Crippen molar-refractivity contribution in [2.75, 3.05) is 12.3 Å². The first kappa shape index (κ1) is 20.1. The number of unbranched alkanes of at least 4 members (excludes halogenated alkanes) is 1. The van der Waals surface area contributed by atoms with E-state index in [1.165, 1.54) is 11.8 Å². The van der Waals surface area contributed by atoms with Crippen molar-refractivity contribution < 1.29 is 4.79 Å². The number of aryl methyl sites for hydroxylation is 1. The van der Waals surface area contributed by atoms with Crippen LogP contribution in [0.1, 0.15) is 25.3 Å². The van der Waals surface area contributed by atoms with E-state index in [2.05, 4.69) is 17.2 Å². The van der Waals surface area contributed by atoms with Gasteiger partial charge in [-0.3, -0.25) is 14.2 Å². The summed E-state index contributed by atoms with van der Waals surface area (Å²) >= 11 is 1.32. The highest BCUT2D eigenvalue weighted by atomic mass is 32.2. The van der Waals surface area contributed by atoms with Gasteiger partial charge < -0.3 is 5.32 Å². The van der Waals surface area contributed by atoms with E-state index in [1.807, 2.05) is 48.5 Å². The second kappa shape index (κ2) is 10.1. The number of para-hydroxylation sites is 1. The van der Waals surface area contributed by atoms with Gasteiger partial charge in [0.05, 0.1) is 16.7 Å². The lowest BCUT2D eigenvalue weighted by Crippen LogP contribution is -2.28. The summed E-state index contributed by atoms with van der Waals surface area (Å²) in [5.41, 5.74) is 1.77. The number of hydrogen-bond acceptors (Lipinski definition) is 4. The van der Waals surface area contributed by atoms with Gasteiger partial charge in [-0.15, -0.1) is 0 Å². The van der Waals surface area contributed by atoms with Crippen LogP contribution in [0.15, 0.2) is 64.5 Å². The van der Waals surface area contributed by atoms with Gasteiger partial charge in [0.1, 0.15) is 0 Å². The maximum atomic E-state index is 13.0. The average molecular weight is 396 g/mol. The van der Waals surface area contributed by atoms with E-state index in [-0.39, 0.29) is 17.2 Å². The lowest BCUT2D eigenvalue weighted by atomic mass is 10.1. The molecule has 146 valence electrons. The van der Waals surface area contributed by atoms with Crippen molar-refractivity contribution in [1.29, 1.82) is 0 Å². The van der Waals surface area contributed by atoms with Crippen molar-refractivity contribution >= 4 is 28.6 Å². The molecule has 3 aromatic rings. The molecule has 28 heavy (non-hydrogen) atoms. The molecule has 0 radical (unpaired) electrons. The zero-order valence-corrected chi connectivity index (χ0v) is 16.9. The molecular weight excluding hydrogens is 370 g/mol. The first-order valence-corrected chi connectivity index (χ1v) is 10.6. The number of carbonyl (C=O) groups is 1. The summed E-state index contributed by atoms with van der Waals surface area (Å²) < 4.78 is 1.69. The predicted octanol–water partition coefficient (Wildman–Crippen LogP) is 3.65. The normalized spacial score (nSPS) is 10.9. The number of carbonyl (C=O) groups excluding carboxylic acids is 1. The van der Waals surface area contributed by atoms with E-state index in [9.17, 15) is 9.59 Å². The first-order chi connectivity index (χ1) is 13.7. The van der Waals surface area contributed by atoms with Crippen LogP contribution in [0, 0.1) is 0 Å². The lowest BCUT2D eigenvalue weighted by Gasteiger charge is -2.13. The van der Waals surface area contributed by atoms with Crippen molar-refractivity contribution in [3.05, 3.63) is 70.5 Å². The molecule has 1 aromatic heterocycles. The minimum absolute atomic E-state index is 0.0320. The monoisotopic (exact) mass is 395 g/mol. The quantitative estimate of drug-likeness (QED) is 0.341. The summed E-state index contributed by atoms with van der Waals surface area (Å²) in [6.45, 7) is 3.30. The number of nitrogens with zero attached hydrogens (tertiary/aromatic N) is 2. The second-order valence-corrected chi connectivity index (χ2v) is 7.54. The molecule has 0 saturated carbocycles. The summed E-state index contributed by atoms with van der Waals surface area (Å²) in [6.07, 6.45) is 2.74. The molecule has 0 fully saturated rings. The molecule has 0 aliphatic heterocycles. The Hall–Kier alpha value is -2.60.